The zero-order chi connectivity index (χ0) is 17.8. The number of rotatable bonds is 2. The van der Waals surface area contributed by atoms with Gasteiger partial charge in [0.15, 0.2) is 5.79 Å². The molecule has 4 saturated heterocycles. The van der Waals surface area contributed by atoms with Crippen molar-refractivity contribution in [3.63, 3.8) is 0 Å². The maximum absolute atomic E-state index is 9.17. The average Bonchev–Trinajstić information content (AvgIpc) is 2.77. The van der Waals surface area contributed by atoms with Crippen LogP contribution in [0, 0.1) is 17.2 Å². The summed E-state index contributed by atoms with van der Waals surface area (Å²) in [6, 6.07) is 2.36. The molecule has 6 fully saturated rings. The van der Waals surface area contributed by atoms with E-state index in [2.05, 4.69) is 6.07 Å². The highest BCUT2D eigenvalue weighted by Gasteiger charge is 2.66. The fourth-order valence-electron chi connectivity index (χ4n) is 6.17. The van der Waals surface area contributed by atoms with Crippen LogP contribution < -0.4 is 0 Å². The maximum atomic E-state index is 9.17. The highest BCUT2D eigenvalue weighted by atomic mass is 16.8. The van der Waals surface area contributed by atoms with E-state index in [9.17, 15) is 0 Å². The fraction of sp³-hybridized carbons (Fsp3) is 0.952. The van der Waals surface area contributed by atoms with Crippen LogP contribution in [0.4, 0.5) is 0 Å². The predicted molar refractivity (Wildman–Crippen MR) is 94.3 cm³/mol. The largest absolute Gasteiger partial charge is 0.372 e. The Morgan fingerprint density at radius 2 is 1.81 bits per heavy atom. The summed E-state index contributed by atoms with van der Waals surface area (Å²) in [7, 11) is 0. The Balaban J connectivity index is 1.37. The lowest BCUT2D eigenvalue weighted by Crippen LogP contribution is -2.57. The zero-order valence-electron chi connectivity index (χ0n) is 15.9. The molecule has 6 rings (SSSR count). The first kappa shape index (κ1) is 17.4. The van der Waals surface area contributed by atoms with Gasteiger partial charge in [0.25, 0.3) is 0 Å². The highest BCUT2D eigenvalue weighted by molar-refractivity contribution is 5.13. The Labute approximate surface area is 156 Å². The summed E-state index contributed by atoms with van der Waals surface area (Å²) in [5, 5.41) is 9.17. The zero-order valence-corrected chi connectivity index (χ0v) is 15.9. The first-order valence-corrected chi connectivity index (χ1v) is 10.6. The van der Waals surface area contributed by atoms with Crippen LogP contribution in [-0.2, 0) is 18.9 Å². The molecule has 144 valence electrons. The van der Waals surface area contributed by atoms with Crippen LogP contribution in [0.2, 0.25) is 0 Å². The molecular formula is C21H31NO4. The second kappa shape index (κ2) is 6.17. The number of hydrogen-bond acceptors (Lipinski definition) is 5. The number of ether oxygens (including phenoxy) is 4. The summed E-state index contributed by atoms with van der Waals surface area (Å²) in [6.45, 7) is 2.64. The molecule has 0 N–H and O–H groups in total. The third-order valence-electron chi connectivity index (χ3n) is 7.56. The van der Waals surface area contributed by atoms with Crippen LogP contribution in [0.5, 0.6) is 0 Å². The van der Waals surface area contributed by atoms with Crippen LogP contribution >= 0.6 is 0 Å². The quantitative estimate of drug-likeness (QED) is 0.747. The normalized spacial score (nSPS) is 47.6. The average molecular weight is 361 g/mol. The van der Waals surface area contributed by atoms with Crippen molar-refractivity contribution in [2.75, 3.05) is 6.61 Å². The second-order valence-electron chi connectivity index (χ2n) is 9.40. The topological polar surface area (TPSA) is 60.7 Å². The molecule has 26 heavy (non-hydrogen) atoms. The van der Waals surface area contributed by atoms with Gasteiger partial charge in [-0.15, -0.1) is 0 Å². The molecule has 0 amide bonds. The number of hydrogen-bond donors (Lipinski definition) is 0. The standard InChI is InChI=1S/C21H31NO4/c1-15(13-22)11-16-5-6-17-19(24-16)9-10-20(14-23-17)18(12-19)25-21(26-20)7-3-2-4-8-21/h15-18H,2-12,14H2,1H3/t15-,16?,17+,18-,19?,20-/m1/s1. The molecule has 0 aromatic carbocycles. The van der Waals surface area contributed by atoms with Crippen molar-refractivity contribution in [1.82, 2.24) is 0 Å². The van der Waals surface area contributed by atoms with Gasteiger partial charge in [-0.05, 0) is 51.9 Å². The maximum Gasteiger partial charge on any atom is 0.169 e. The molecule has 3 spiro atoms. The SMILES string of the molecule is C[C@@H](C#N)CC1CC[C@@H]2OC[C@]34CCC2(C[C@H]3OC2(CCCCC2)O4)O1. The minimum atomic E-state index is -0.367. The molecule has 6 aliphatic rings. The second-order valence-corrected chi connectivity index (χ2v) is 9.40. The predicted octanol–water partition coefficient (Wildman–Crippen LogP) is 3.85. The lowest BCUT2D eigenvalue weighted by Gasteiger charge is -2.49. The molecule has 2 unspecified atom stereocenters. The molecule has 4 heterocycles. The van der Waals surface area contributed by atoms with E-state index in [-0.39, 0.29) is 41.2 Å². The van der Waals surface area contributed by atoms with Gasteiger partial charge in [0.2, 0.25) is 0 Å². The Bertz CT molecular complexity index is 597. The molecule has 5 nitrogen and oxygen atoms in total. The molecule has 0 radical (unpaired) electrons. The van der Waals surface area contributed by atoms with E-state index >= 15 is 0 Å². The molecule has 2 bridgehead atoms. The van der Waals surface area contributed by atoms with Crippen molar-refractivity contribution in [3.05, 3.63) is 0 Å². The van der Waals surface area contributed by atoms with Crippen LogP contribution in [0.15, 0.2) is 0 Å². The Morgan fingerprint density at radius 1 is 1.00 bits per heavy atom. The number of nitrogens with zero attached hydrogens (tertiary/aromatic N) is 1. The lowest BCUT2D eigenvalue weighted by molar-refractivity contribution is -0.233. The van der Waals surface area contributed by atoms with Gasteiger partial charge in [0, 0.05) is 25.2 Å². The van der Waals surface area contributed by atoms with Gasteiger partial charge in [-0.3, -0.25) is 0 Å². The van der Waals surface area contributed by atoms with Crippen molar-refractivity contribution < 1.29 is 18.9 Å². The minimum absolute atomic E-state index is 0.0406. The van der Waals surface area contributed by atoms with E-state index in [0.29, 0.717) is 6.61 Å². The minimum Gasteiger partial charge on any atom is -0.372 e. The van der Waals surface area contributed by atoms with Crippen molar-refractivity contribution in [3.8, 4) is 6.07 Å². The Hall–Kier alpha value is -0.670. The summed E-state index contributed by atoms with van der Waals surface area (Å²) in [4.78, 5) is 0. The monoisotopic (exact) mass is 361 g/mol. The van der Waals surface area contributed by atoms with Crippen LogP contribution in [-0.4, -0.2) is 41.9 Å². The van der Waals surface area contributed by atoms with E-state index in [1.807, 2.05) is 6.92 Å². The Kier molecular flexibility index (Phi) is 4.14. The highest BCUT2D eigenvalue weighted by Crippen LogP contribution is 2.57. The van der Waals surface area contributed by atoms with Gasteiger partial charge in [-0.25, -0.2) is 0 Å². The summed E-state index contributed by atoms with van der Waals surface area (Å²) in [5.41, 5.74) is -0.509. The third kappa shape index (κ3) is 2.64. The summed E-state index contributed by atoms with van der Waals surface area (Å²) < 4.78 is 26.5. The van der Waals surface area contributed by atoms with Crippen LogP contribution in [0.3, 0.4) is 0 Å². The van der Waals surface area contributed by atoms with E-state index in [1.54, 1.807) is 0 Å². The fourth-order valence-corrected chi connectivity index (χ4v) is 6.17. The van der Waals surface area contributed by atoms with E-state index in [4.69, 9.17) is 24.2 Å². The van der Waals surface area contributed by atoms with Crippen molar-refractivity contribution in [1.29, 1.82) is 5.26 Å². The molecule has 0 aromatic rings. The summed E-state index contributed by atoms with van der Waals surface area (Å²) in [5.74, 6) is -0.326. The summed E-state index contributed by atoms with van der Waals surface area (Å²) in [6.07, 6.45) is 11.8. The van der Waals surface area contributed by atoms with Gasteiger partial charge in [0.05, 0.1) is 36.6 Å². The molecular weight excluding hydrogens is 330 g/mol. The van der Waals surface area contributed by atoms with Gasteiger partial charge in [-0.1, -0.05) is 6.42 Å². The first-order valence-electron chi connectivity index (χ1n) is 10.6. The Morgan fingerprint density at radius 3 is 2.62 bits per heavy atom. The van der Waals surface area contributed by atoms with Crippen molar-refractivity contribution in [2.45, 2.75) is 113 Å². The molecule has 2 aliphatic carbocycles. The molecule has 5 heteroatoms. The van der Waals surface area contributed by atoms with E-state index in [0.717, 1.165) is 51.4 Å². The molecule has 4 aliphatic heterocycles. The first-order chi connectivity index (χ1) is 12.6. The van der Waals surface area contributed by atoms with Gasteiger partial charge >= 0.3 is 0 Å². The smallest absolute Gasteiger partial charge is 0.169 e. The molecule has 6 atom stereocenters. The van der Waals surface area contributed by atoms with Crippen molar-refractivity contribution in [2.24, 2.45) is 5.92 Å². The van der Waals surface area contributed by atoms with Gasteiger partial charge in [-0.2, -0.15) is 5.26 Å². The molecule has 2 saturated carbocycles. The van der Waals surface area contributed by atoms with Crippen LogP contribution in [0.25, 0.3) is 0 Å². The van der Waals surface area contributed by atoms with E-state index < -0.39 is 0 Å². The van der Waals surface area contributed by atoms with Crippen molar-refractivity contribution >= 4 is 0 Å². The summed E-state index contributed by atoms with van der Waals surface area (Å²) >= 11 is 0. The number of nitriles is 1. The third-order valence-corrected chi connectivity index (χ3v) is 7.56. The molecule has 0 aromatic heterocycles. The lowest BCUT2D eigenvalue weighted by atomic mass is 9.71. The van der Waals surface area contributed by atoms with Crippen LogP contribution in [0.1, 0.15) is 77.6 Å². The van der Waals surface area contributed by atoms with Gasteiger partial charge in [0.1, 0.15) is 5.60 Å². The van der Waals surface area contributed by atoms with E-state index in [1.165, 1.54) is 19.3 Å². The number of fused-ring (bicyclic) bond motifs is 2. The van der Waals surface area contributed by atoms with Gasteiger partial charge < -0.3 is 18.9 Å².